The van der Waals surface area contributed by atoms with Crippen molar-refractivity contribution in [3.63, 3.8) is 0 Å². The Hall–Kier alpha value is -1.97. The molecule has 0 unspecified atom stereocenters. The van der Waals surface area contributed by atoms with Crippen molar-refractivity contribution in [3.8, 4) is 0 Å². The smallest absolute Gasteiger partial charge is 0.307 e. The number of nitrogens with zero attached hydrogens (tertiary/aromatic N) is 2. The maximum atomic E-state index is 13.2. The lowest BCUT2D eigenvalue weighted by molar-refractivity contribution is -0.140. The van der Waals surface area contributed by atoms with Crippen molar-refractivity contribution < 1.29 is 27.5 Å². The lowest BCUT2D eigenvalue weighted by Crippen LogP contribution is -2.40. The van der Waals surface area contributed by atoms with Gasteiger partial charge in [0.05, 0.1) is 31.6 Å². The highest BCUT2D eigenvalue weighted by Gasteiger charge is 2.28. The molecule has 8 nitrogen and oxygen atoms in total. The van der Waals surface area contributed by atoms with Gasteiger partial charge in [-0.05, 0) is 30.5 Å². The number of methoxy groups -OCH3 is 1. The Morgan fingerprint density at radius 2 is 1.90 bits per heavy atom. The zero-order valence-corrected chi connectivity index (χ0v) is 18.3. The van der Waals surface area contributed by atoms with Crippen LogP contribution in [0.3, 0.4) is 0 Å². The van der Waals surface area contributed by atoms with Gasteiger partial charge in [0.1, 0.15) is 0 Å². The van der Waals surface area contributed by atoms with Crippen molar-refractivity contribution in [1.82, 2.24) is 9.21 Å². The standard InChI is InChI=1S/C20H30N2O6S/c1-15(2)14-21(8-7-19(23)27-4)20(24)18-13-17(6-5-16(18)3)29(25,26)22-9-11-28-12-10-22/h5-6,13,15H,7-12,14H2,1-4H3. The molecule has 0 radical (unpaired) electrons. The summed E-state index contributed by atoms with van der Waals surface area (Å²) in [6, 6.07) is 4.61. The summed E-state index contributed by atoms with van der Waals surface area (Å²) >= 11 is 0. The first-order chi connectivity index (χ1) is 13.7. The fourth-order valence-corrected chi connectivity index (χ4v) is 4.58. The van der Waals surface area contributed by atoms with Crippen LogP contribution in [-0.2, 0) is 24.3 Å². The molecule has 1 fully saturated rings. The third-order valence-electron chi connectivity index (χ3n) is 4.73. The molecular formula is C20H30N2O6S. The number of hydrogen-bond acceptors (Lipinski definition) is 6. The summed E-state index contributed by atoms with van der Waals surface area (Å²) in [5, 5.41) is 0. The summed E-state index contributed by atoms with van der Waals surface area (Å²) in [5.74, 6) is -0.497. The van der Waals surface area contributed by atoms with E-state index in [1.165, 1.54) is 23.5 Å². The number of morpholine rings is 1. The summed E-state index contributed by atoms with van der Waals surface area (Å²) in [7, 11) is -2.40. The zero-order chi connectivity index (χ0) is 21.6. The second-order valence-electron chi connectivity index (χ2n) is 7.46. The SMILES string of the molecule is COC(=O)CCN(CC(C)C)C(=O)c1cc(S(=O)(=O)N2CCOCC2)ccc1C. The number of carbonyl (C=O) groups is 2. The summed E-state index contributed by atoms with van der Waals surface area (Å²) in [6.07, 6.45) is 0.0831. The van der Waals surface area contributed by atoms with Crippen LogP contribution < -0.4 is 0 Å². The van der Waals surface area contributed by atoms with Crippen LogP contribution in [0.1, 0.15) is 36.2 Å². The van der Waals surface area contributed by atoms with Crippen molar-refractivity contribution in [3.05, 3.63) is 29.3 Å². The molecule has 0 aromatic heterocycles. The first-order valence-electron chi connectivity index (χ1n) is 9.71. The van der Waals surface area contributed by atoms with E-state index >= 15 is 0 Å². The van der Waals surface area contributed by atoms with Crippen molar-refractivity contribution >= 4 is 21.9 Å². The highest BCUT2D eigenvalue weighted by atomic mass is 32.2. The van der Waals surface area contributed by atoms with E-state index in [9.17, 15) is 18.0 Å². The van der Waals surface area contributed by atoms with E-state index in [2.05, 4.69) is 4.74 Å². The number of ether oxygens (including phenoxy) is 2. The number of amides is 1. The summed E-state index contributed by atoms with van der Waals surface area (Å²) in [6.45, 7) is 7.68. The van der Waals surface area contributed by atoms with Gasteiger partial charge in [0.15, 0.2) is 0 Å². The fraction of sp³-hybridized carbons (Fsp3) is 0.600. The van der Waals surface area contributed by atoms with Crippen molar-refractivity contribution in [2.75, 3.05) is 46.5 Å². The average molecular weight is 427 g/mol. The van der Waals surface area contributed by atoms with Gasteiger partial charge in [0.25, 0.3) is 5.91 Å². The second kappa shape index (κ2) is 10.2. The minimum Gasteiger partial charge on any atom is -0.469 e. The maximum absolute atomic E-state index is 13.2. The Balaban J connectivity index is 2.32. The largest absolute Gasteiger partial charge is 0.469 e. The number of rotatable bonds is 8. The quantitative estimate of drug-likeness (QED) is 0.587. The number of carbonyl (C=O) groups excluding carboxylic acids is 2. The van der Waals surface area contributed by atoms with Gasteiger partial charge < -0.3 is 14.4 Å². The molecule has 0 N–H and O–H groups in total. The molecule has 162 valence electrons. The van der Waals surface area contributed by atoms with Crippen LogP contribution in [0.25, 0.3) is 0 Å². The van der Waals surface area contributed by atoms with Gasteiger partial charge >= 0.3 is 5.97 Å². The summed E-state index contributed by atoms with van der Waals surface area (Å²) in [5.41, 5.74) is 1.01. The highest BCUT2D eigenvalue weighted by Crippen LogP contribution is 2.22. The van der Waals surface area contributed by atoms with Crippen molar-refractivity contribution in [2.24, 2.45) is 5.92 Å². The topological polar surface area (TPSA) is 93.2 Å². The van der Waals surface area contributed by atoms with Crippen molar-refractivity contribution in [1.29, 1.82) is 0 Å². The summed E-state index contributed by atoms with van der Waals surface area (Å²) in [4.78, 5) is 26.4. The van der Waals surface area contributed by atoms with E-state index in [-0.39, 0.29) is 42.8 Å². The normalized spacial score (nSPS) is 15.3. The van der Waals surface area contributed by atoms with Gasteiger partial charge in [-0.2, -0.15) is 4.31 Å². The minimum absolute atomic E-state index is 0.0831. The zero-order valence-electron chi connectivity index (χ0n) is 17.5. The number of aryl methyl sites for hydroxylation is 1. The van der Waals surface area contributed by atoms with E-state index in [4.69, 9.17) is 4.74 Å². The van der Waals surface area contributed by atoms with Crippen LogP contribution in [0.15, 0.2) is 23.1 Å². The third-order valence-corrected chi connectivity index (χ3v) is 6.63. The predicted molar refractivity (Wildman–Crippen MR) is 108 cm³/mol. The average Bonchev–Trinajstić information content (AvgIpc) is 2.70. The van der Waals surface area contributed by atoms with E-state index in [1.54, 1.807) is 17.9 Å². The van der Waals surface area contributed by atoms with Crippen LogP contribution in [0.4, 0.5) is 0 Å². The Bertz CT molecular complexity index is 831. The highest BCUT2D eigenvalue weighted by molar-refractivity contribution is 7.89. The molecule has 1 aromatic rings. The summed E-state index contributed by atoms with van der Waals surface area (Å²) < 4.78 is 37.2. The van der Waals surface area contributed by atoms with Crippen LogP contribution in [-0.4, -0.2) is 76.0 Å². The Kier molecular flexibility index (Phi) is 8.18. The number of hydrogen-bond donors (Lipinski definition) is 0. The third kappa shape index (κ3) is 6.01. The molecule has 29 heavy (non-hydrogen) atoms. The Morgan fingerprint density at radius 3 is 2.48 bits per heavy atom. The first kappa shape index (κ1) is 23.3. The maximum Gasteiger partial charge on any atom is 0.307 e. The molecule has 0 spiro atoms. The Labute approximate surface area is 172 Å². The van der Waals surface area contributed by atoms with Gasteiger partial charge in [-0.25, -0.2) is 8.42 Å². The van der Waals surface area contributed by atoms with Gasteiger partial charge in [-0.1, -0.05) is 19.9 Å². The van der Waals surface area contributed by atoms with Crippen LogP contribution in [0.2, 0.25) is 0 Å². The van der Waals surface area contributed by atoms with Gasteiger partial charge in [-0.15, -0.1) is 0 Å². The number of sulfonamides is 1. The molecule has 1 aliphatic heterocycles. The Morgan fingerprint density at radius 1 is 1.24 bits per heavy atom. The van der Waals surface area contributed by atoms with Crippen molar-refractivity contribution in [2.45, 2.75) is 32.1 Å². The molecule has 1 heterocycles. The van der Waals surface area contributed by atoms with E-state index in [1.807, 2.05) is 13.8 Å². The van der Waals surface area contributed by atoms with E-state index in [0.29, 0.717) is 30.9 Å². The molecule has 2 rings (SSSR count). The molecule has 9 heteroatoms. The molecule has 1 aliphatic rings. The molecule has 0 atom stereocenters. The van der Waals surface area contributed by atoms with E-state index < -0.39 is 16.0 Å². The van der Waals surface area contributed by atoms with Crippen LogP contribution in [0.5, 0.6) is 0 Å². The van der Waals surface area contributed by atoms with Gasteiger partial charge in [0, 0.05) is 31.7 Å². The predicted octanol–water partition coefficient (Wildman–Crippen LogP) is 1.68. The first-order valence-corrected chi connectivity index (χ1v) is 11.2. The lowest BCUT2D eigenvalue weighted by atomic mass is 10.1. The van der Waals surface area contributed by atoms with E-state index in [0.717, 1.165) is 0 Å². The minimum atomic E-state index is -3.70. The molecular weight excluding hydrogens is 396 g/mol. The molecule has 0 aliphatic carbocycles. The molecule has 1 saturated heterocycles. The molecule has 1 amide bonds. The number of esters is 1. The molecule has 0 saturated carbocycles. The monoisotopic (exact) mass is 426 g/mol. The van der Waals surface area contributed by atoms with Crippen LogP contribution in [0, 0.1) is 12.8 Å². The number of benzene rings is 1. The van der Waals surface area contributed by atoms with Crippen LogP contribution >= 0.6 is 0 Å². The van der Waals surface area contributed by atoms with Gasteiger partial charge in [0.2, 0.25) is 10.0 Å². The fourth-order valence-electron chi connectivity index (χ4n) is 3.14. The molecule has 0 bridgehead atoms. The van der Waals surface area contributed by atoms with Gasteiger partial charge in [-0.3, -0.25) is 9.59 Å². The molecule has 1 aromatic carbocycles. The second-order valence-corrected chi connectivity index (χ2v) is 9.40. The lowest BCUT2D eigenvalue weighted by Gasteiger charge is -2.27.